The molecule has 106 valence electrons. The van der Waals surface area contributed by atoms with Crippen LogP contribution in [0.1, 0.15) is 31.5 Å². The molecule has 1 aromatic rings. The molecule has 2 heterocycles. The summed E-state index contributed by atoms with van der Waals surface area (Å²) in [7, 11) is 0. The summed E-state index contributed by atoms with van der Waals surface area (Å²) in [5.74, 6) is 1.53. The van der Waals surface area contributed by atoms with Crippen LogP contribution in [0.25, 0.3) is 0 Å². The van der Waals surface area contributed by atoms with Crippen LogP contribution in [0.4, 0.5) is 0 Å². The molecule has 1 fully saturated rings. The fourth-order valence-electron chi connectivity index (χ4n) is 2.38. The molecule has 0 amide bonds. The van der Waals surface area contributed by atoms with Crippen molar-refractivity contribution >= 4 is 5.96 Å². The number of hydrogen-bond acceptors (Lipinski definition) is 5. The van der Waals surface area contributed by atoms with Gasteiger partial charge in [-0.15, -0.1) is 0 Å². The molecule has 1 unspecified atom stereocenters. The Morgan fingerprint density at radius 1 is 1.63 bits per heavy atom. The number of aliphatic imine (C=N–C) groups is 1. The van der Waals surface area contributed by atoms with E-state index in [0.29, 0.717) is 30.3 Å². The van der Waals surface area contributed by atoms with Crippen molar-refractivity contribution in [3.05, 3.63) is 11.7 Å². The van der Waals surface area contributed by atoms with Gasteiger partial charge in [-0.05, 0) is 25.9 Å². The van der Waals surface area contributed by atoms with E-state index in [0.717, 1.165) is 13.1 Å². The van der Waals surface area contributed by atoms with Crippen LogP contribution in [0, 0.1) is 6.92 Å². The number of aromatic nitrogens is 2. The molecule has 1 atom stereocenters. The maximum absolute atomic E-state index is 5.83. The summed E-state index contributed by atoms with van der Waals surface area (Å²) >= 11 is 0. The minimum atomic E-state index is 0.346. The average Bonchev–Trinajstić information content (AvgIpc) is 3.02. The van der Waals surface area contributed by atoms with Gasteiger partial charge in [0, 0.05) is 19.5 Å². The highest BCUT2D eigenvalue weighted by molar-refractivity contribution is 5.77. The fourth-order valence-corrected chi connectivity index (χ4v) is 2.38. The Bertz CT molecular complexity index is 430. The number of hydrogen-bond donors (Lipinski definition) is 2. The largest absolute Gasteiger partial charge is 0.370 e. The Balaban J connectivity index is 1.76. The second kappa shape index (κ2) is 6.51. The van der Waals surface area contributed by atoms with E-state index in [9.17, 15) is 0 Å². The van der Waals surface area contributed by atoms with Gasteiger partial charge in [0.05, 0.1) is 0 Å². The van der Waals surface area contributed by atoms with E-state index in [1.165, 1.54) is 19.4 Å². The van der Waals surface area contributed by atoms with Crippen LogP contribution in [0.15, 0.2) is 9.52 Å². The summed E-state index contributed by atoms with van der Waals surface area (Å²) in [6.45, 7) is 7.40. The van der Waals surface area contributed by atoms with E-state index < -0.39 is 0 Å². The van der Waals surface area contributed by atoms with Crippen LogP contribution in [-0.2, 0) is 6.54 Å². The van der Waals surface area contributed by atoms with Crippen LogP contribution in [0.3, 0.4) is 0 Å². The van der Waals surface area contributed by atoms with Crippen molar-refractivity contribution in [3.8, 4) is 0 Å². The highest BCUT2D eigenvalue weighted by atomic mass is 16.5. The molecular formula is C12H22N6O. The zero-order chi connectivity index (χ0) is 13.7. The third kappa shape index (κ3) is 3.92. The molecule has 0 aliphatic carbocycles. The molecule has 1 aromatic heterocycles. The summed E-state index contributed by atoms with van der Waals surface area (Å²) in [6.07, 6.45) is 2.48. The molecule has 19 heavy (non-hydrogen) atoms. The number of nitrogens with zero attached hydrogens (tertiary/aromatic N) is 4. The third-order valence-electron chi connectivity index (χ3n) is 3.38. The minimum Gasteiger partial charge on any atom is -0.370 e. The lowest BCUT2D eigenvalue weighted by Gasteiger charge is -2.23. The van der Waals surface area contributed by atoms with Crippen LogP contribution < -0.4 is 11.1 Å². The number of likely N-dealkylation sites (N-methyl/N-ethyl adjacent to an activating group) is 1. The first kappa shape index (κ1) is 13.8. The zero-order valence-electron chi connectivity index (χ0n) is 11.6. The van der Waals surface area contributed by atoms with Crippen LogP contribution >= 0.6 is 0 Å². The van der Waals surface area contributed by atoms with E-state index in [1.807, 2.05) is 0 Å². The molecular weight excluding hydrogens is 244 g/mol. The number of likely N-dealkylation sites (tertiary alicyclic amines) is 1. The number of guanidine groups is 1. The van der Waals surface area contributed by atoms with E-state index >= 15 is 0 Å². The quantitative estimate of drug-likeness (QED) is 0.587. The Hall–Kier alpha value is -1.63. The Morgan fingerprint density at radius 3 is 3.16 bits per heavy atom. The third-order valence-corrected chi connectivity index (χ3v) is 3.38. The average molecular weight is 266 g/mol. The van der Waals surface area contributed by atoms with Gasteiger partial charge in [-0.3, -0.25) is 4.90 Å². The van der Waals surface area contributed by atoms with Crippen molar-refractivity contribution in [2.24, 2.45) is 10.7 Å². The van der Waals surface area contributed by atoms with Gasteiger partial charge in [0.2, 0.25) is 5.89 Å². The van der Waals surface area contributed by atoms with Gasteiger partial charge in [0.1, 0.15) is 6.54 Å². The van der Waals surface area contributed by atoms with Gasteiger partial charge in [0.25, 0.3) is 0 Å². The molecule has 2 rings (SSSR count). The SMILES string of the molecule is CCN1CCCC1CNC(N)=NCc1noc(C)n1. The summed E-state index contributed by atoms with van der Waals surface area (Å²) in [4.78, 5) is 10.7. The molecule has 1 saturated heterocycles. The molecule has 0 saturated carbocycles. The van der Waals surface area contributed by atoms with Gasteiger partial charge >= 0.3 is 0 Å². The van der Waals surface area contributed by atoms with Crippen molar-refractivity contribution in [1.29, 1.82) is 0 Å². The summed E-state index contributed by atoms with van der Waals surface area (Å²) in [5.41, 5.74) is 5.83. The summed E-state index contributed by atoms with van der Waals surface area (Å²) in [5, 5.41) is 6.93. The number of nitrogens with two attached hydrogens (primary N) is 1. The summed E-state index contributed by atoms with van der Waals surface area (Å²) in [6, 6.07) is 0.561. The lowest BCUT2D eigenvalue weighted by molar-refractivity contribution is 0.267. The second-order valence-electron chi connectivity index (χ2n) is 4.74. The number of rotatable bonds is 5. The molecule has 1 aliphatic heterocycles. The van der Waals surface area contributed by atoms with Gasteiger partial charge in [-0.25, -0.2) is 4.99 Å². The molecule has 0 bridgehead atoms. The lowest BCUT2D eigenvalue weighted by atomic mass is 10.2. The van der Waals surface area contributed by atoms with Crippen LogP contribution in [0.5, 0.6) is 0 Å². The van der Waals surface area contributed by atoms with E-state index in [-0.39, 0.29) is 0 Å². The van der Waals surface area contributed by atoms with Crippen LogP contribution in [-0.4, -0.2) is 46.7 Å². The van der Waals surface area contributed by atoms with Gasteiger partial charge < -0.3 is 15.6 Å². The number of aryl methyl sites for hydroxylation is 1. The highest BCUT2D eigenvalue weighted by Gasteiger charge is 2.22. The van der Waals surface area contributed by atoms with Gasteiger partial charge in [-0.1, -0.05) is 12.1 Å². The first-order chi connectivity index (χ1) is 9.19. The molecule has 3 N–H and O–H groups in total. The van der Waals surface area contributed by atoms with Crippen molar-refractivity contribution in [2.75, 3.05) is 19.6 Å². The fraction of sp³-hybridized carbons (Fsp3) is 0.750. The van der Waals surface area contributed by atoms with E-state index in [4.69, 9.17) is 10.3 Å². The Morgan fingerprint density at radius 2 is 2.47 bits per heavy atom. The van der Waals surface area contributed by atoms with Crippen molar-refractivity contribution in [3.63, 3.8) is 0 Å². The first-order valence-electron chi connectivity index (χ1n) is 6.76. The molecule has 1 aliphatic rings. The summed E-state index contributed by atoms with van der Waals surface area (Å²) < 4.78 is 4.87. The maximum Gasteiger partial charge on any atom is 0.223 e. The maximum atomic E-state index is 5.83. The van der Waals surface area contributed by atoms with Gasteiger partial charge in [-0.2, -0.15) is 4.98 Å². The van der Waals surface area contributed by atoms with Crippen LogP contribution in [0.2, 0.25) is 0 Å². The van der Waals surface area contributed by atoms with Crippen molar-refractivity contribution < 1.29 is 4.52 Å². The monoisotopic (exact) mass is 266 g/mol. The van der Waals surface area contributed by atoms with E-state index in [1.54, 1.807) is 6.92 Å². The predicted molar refractivity (Wildman–Crippen MR) is 72.6 cm³/mol. The van der Waals surface area contributed by atoms with Crippen molar-refractivity contribution in [2.45, 2.75) is 39.3 Å². The van der Waals surface area contributed by atoms with E-state index in [2.05, 4.69) is 32.3 Å². The normalized spacial score (nSPS) is 20.9. The topological polar surface area (TPSA) is 92.6 Å². The standard InChI is InChI=1S/C12H22N6O/c1-3-18-6-4-5-10(18)7-14-12(13)15-8-11-16-9(2)19-17-11/h10H,3-8H2,1-2H3,(H3,13,14,15). The lowest BCUT2D eigenvalue weighted by Crippen LogP contribution is -2.42. The predicted octanol–water partition coefficient (Wildman–Crippen LogP) is 0.267. The molecule has 7 heteroatoms. The molecule has 0 spiro atoms. The van der Waals surface area contributed by atoms with Gasteiger partial charge in [0.15, 0.2) is 11.8 Å². The Labute approximate surface area is 113 Å². The number of nitrogens with one attached hydrogen (secondary N) is 1. The first-order valence-corrected chi connectivity index (χ1v) is 6.76. The molecule has 0 radical (unpaired) electrons. The molecule has 0 aromatic carbocycles. The smallest absolute Gasteiger partial charge is 0.223 e. The molecule has 7 nitrogen and oxygen atoms in total. The minimum absolute atomic E-state index is 0.346. The second-order valence-corrected chi connectivity index (χ2v) is 4.74. The van der Waals surface area contributed by atoms with Crippen molar-refractivity contribution in [1.82, 2.24) is 20.4 Å². The highest BCUT2D eigenvalue weighted by Crippen LogP contribution is 2.15. The Kier molecular flexibility index (Phi) is 4.73. The zero-order valence-corrected chi connectivity index (χ0v) is 11.6.